The molecule has 0 aliphatic heterocycles. The van der Waals surface area contributed by atoms with Crippen LogP contribution in [0.2, 0.25) is 0 Å². The predicted octanol–water partition coefficient (Wildman–Crippen LogP) is 3.24. The number of likely N-dealkylation sites (N-methyl/N-ethyl adjacent to an activating group) is 1. The average molecular weight is 364 g/mol. The van der Waals surface area contributed by atoms with Gasteiger partial charge in [-0.05, 0) is 58.7 Å². The van der Waals surface area contributed by atoms with Crippen LogP contribution in [0.3, 0.4) is 0 Å². The lowest BCUT2D eigenvalue weighted by Crippen LogP contribution is -2.36. The van der Waals surface area contributed by atoms with Crippen LogP contribution in [-0.4, -0.2) is 43.8 Å². The Labute approximate surface area is 157 Å². The largest absolute Gasteiger partial charge is 0.444 e. The summed E-state index contributed by atoms with van der Waals surface area (Å²) in [6.07, 6.45) is 0.516. The molecule has 6 nitrogen and oxygen atoms in total. The van der Waals surface area contributed by atoms with Gasteiger partial charge in [-0.3, -0.25) is 4.79 Å². The van der Waals surface area contributed by atoms with E-state index in [4.69, 9.17) is 4.74 Å². The number of anilines is 1. The Morgan fingerprint density at radius 1 is 1.15 bits per heavy atom. The number of hydrogen-bond acceptors (Lipinski definition) is 4. The van der Waals surface area contributed by atoms with Crippen LogP contribution in [0.4, 0.5) is 10.5 Å². The van der Waals surface area contributed by atoms with Crippen molar-refractivity contribution in [2.75, 3.05) is 31.1 Å². The summed E-state index contributed by atoms with van der Waals surface area (Å²) in [6.45, 7) is 12.3. The molecule has 0 saturated carbocycles. The maximum Gasteiger partial charge on any atom is 0.407 e. The van der Waals surface area contributed by atoms with E-state index in [2.05, 4.69) is 47.6 Å². The minimum absolute atomic E-state index is 0.00344. The molecule has 0 unspecified atom stereocenters. The number of carbonyl (C=O) groups excluding carboxylic acids is 2. The molecule has 0 spiro atoms. The molecule has 0 heterocycles. The molecule has 0 aromatic heterocycles. The molecule has 0 saturated heterocycles. The second-order valence-electron chi connectivity index (χ2n) is 7.30. The molecule has 0 atom stereocenters. The molecule has 0 aliphatic carbocycles. The SMILES string of the molecule is CCN(CCNC(=O)CCCNC(=O)OC(C)(C)C)c1cccc(C)c1. The lowest BCUT2D eigenvalue weighted by atomic mass is 10.2. The van der Waals surface area contributed by atoms with E-state index in [1.165, 1.54) is 11.3 Å². The molecule has 6 heteroatoms. The molecule has 146 valence electrons. The first-order valence-electron chi connectivity index (χ1n) is 9.26. The Balaban J connectivity index is 2.21. The number of amides is 2. The lowest BCUT2D eigenvalue weighted by Gasteiger charge is -2.23. The maximum atomic E-state index is 11.9. The molecular weight excluding hydrogens is 330 g/mol. The van der Waals surface area contributed by atoms with Gasteiger partial charge < -0.3 is 20.3 Å². The Kier molecular flexibility index (Phi) is 8.96. The third-order valence-corrected chi connectivity index (χ3v) is 3.70. The normalized spacial score (nSPS) is 11.0. The predicted molar refractivity (Wildman–Crippen MR) is 106 cm³/mol. The third-order valence-electron chi connectivity index (χ3n) is 3.70. The summed E-state index contributed by atoms with van der Waals surface area (Å²) in [6, 6.07) is 8.35. The Bertz CT molecular complexity index is 582. The summed E-state index contributed by atoms with van der Waals surface area (Å²) in [4.78, 5) is 25.6. The number of aryl methyl sites for hydroxylation is 1. The van der Waals surface area contributed by atoms with Gasteiger partial charge in [-0.15, -0.1) is 0 Å². The quantitative estimate of drug-likeness (QED) is 0.661. The summed E-state index contributed by atoms with van der Waals surface area (Å²) < 4.78 is 5.14. The fourth-order valence-corrected chi connectivity index (χ4v) is 2.47. The van der Waals surface area contributed by atoms with Gasteiger partial charge in [-0.2, -0.15) is 0 Å². The van der Waals surface area contributed by atoms with Gasteiger partial charge in [-0.25, -0.2) is 4.79 Å². The fourth-order valence-electron chi connectivity index (χ4n) is 2.47. The van der Waals surface area contributed by atoms with E-state index in [-0.39, 0.29) is 5.91 Å². The van der Waals surface area contributed by atoms with Crippen molar-refractivity contribution >= 4 is 17.7 Å². The highest BCUT2D eigenvalue weighted by atomic mass is 16.6. The van der Waals surface area contributed by atoms with E-state index in [1.807, 2.05) is 26.8 Å². The Morgan fingerprint density at radius 2 is 1.88 bits per heavy atom. The number of rotatable bonds is 9. The maximum absolute atomic E-state index is 11.9. The van der Waals surface area contributed by atoms with Gasteiger partial charge in [0.2, 0.25) is 5.91 Å². The number of hydrogen-bond donors (Lipinski definition) is 2. The number of ether oxygens (including phenoxy) is 1. The van der Waals surface area contributed by atoms with Crippen molar-refractivity contribution in [1.82, 2.24) is 10.6 Å². The third kappa shape index (κ3) is 9.30. The van der Waals surface area contributed by atoms with Crippen LogP contribution in [-0.2, 0) is 9.53 Å². The highest BCUT2D eigenvalue weighted by Gasteiger charge is 2.15. The van der Waals surface area contributed by atoms with Crippen molar-refractivity contribution < 1.29 is 14.3 Å². The minimum Gasteiger partial charge on any atom is -0.444 e. The Hall–Kier alpha value is -2.24. The van der Waals surface area contributed by atoms with Crippen LogP contribution < -0.4 is 15.5 Å². The molecule has 0 fully saturated rings. The number of carbonyl (C=O) groups is 2. The molecule has 1 rings (SSSR count). The average Bonchev–Trinajstić information content (AvgIpc) is 2.54. The van der Waals surface area contributed by atoms with Crippen molar-refractivity contribution in [3.05, 3.63) is 29.8 Å². The van der Waals surface area contributed by atoms with Gasteiger partial charge in [0.15, 0.2) is 0 Å². The molecule has 0 bridgehead atoms. The smallest absolute Gasteiger partial charge is 0.407 e. The molecule has 0 aliphatic rings. The Morgan fingerprint density at radius 3 is 2.50 bits per heavy atom. The van der Waals surface area contributed by atoms with E-state index >= 15 is 0 Å². The summed E-state index contributed by atoms with van der Waals surface area (Å²) in [5, 5.41) is 5.59. The molecule has 0 radical (unpaired) electrons. The molecule has 2 amide bonds. The molecule has 2 N–H and O–H groups in total. The zero-order valence-corrected chi connectivity index (χ0v) is 16.7. The number of alkyl carbamates (subject to hydrolysis) is 1. The van der Waals surface area contributed by atoms with Crippen molar-refractivity contribution in [2.45, 2.75) is 53.1 Å². The second kappa shape index (κ2) is 10.7. The molecule has 1 aromatic carbocycles. The van der Waals surface area contributed by atoms with Crippen molar-refractivity contribution in [1.29, 1.82) is 0 Å². The van der Waals surface area contributed by atoms with Gasteiger partial charge in [0.1, 0.15) is 5.60 Å². The minimum atomic E-state index is -0.510. The van der Waals surface area contributed by atoms with Crippen LogP contribution in [0.5, 0.6) is 0 Å². The number of benzene rings is 1. The van der Waals surface area contributed by atoms with E-state index in [9.17, 15) is 9.59 Å². The van der Waals surface area contributed by atoms with Crippen LogP contribution >= 0.6 is 0 Å². The number of nitrogens with zero attached hydrogens (tertiary/aromatic N) is 1. The van der Waals surface area contributed by atoms with Crippen molar-refractivity contribution in [2.24, 2.45) is 0 Å². The molecule has 26 heavy (non-hydrogen) atoms. The van der Waals surface area contributed by atoms with Gasteiger partial charge >= 0.3 is 6.09 Å². The number of nitrogens with one attached hydrogen (secondary N) is 2. The lowest BCUT2D eigenvalue weighted by molar-refractivity contribution is -0.121. The first kappa shape index (κ1) is 21.8. The monoisotopic (exact) mass is 363 g/mol. The van der Waals surface area contributed by atoms with Crippen LogP contribution in [0.1, 0.15) is 46.1 Å². The van der Waals surface area contributed by atoms with Crippen LogP contribution in [0.25, 0.3) is 0 Å². The summed E-state index contributed by atoms with van der Waals surface area (Å²) in [5.41, 5.74) is 1.88. The first-order valence-corrected chi connectivity index (χ1v) is 9.26. The van der Waals surface area contributed by atoms with Crippen LogP contribution in [0, 0.1) is 6.92 Å². The summed E-state index contributed by atoms with van der Waals surface area (Å²) >= 11 is 0. The standard InChI is InChI=1S/C20H33N3O3/c1-6-23(17-10-7-9-16(2)15-17)14-13-21-18(24)11-8-12-22-19(25)26-20(3,4)5/h7,9-10,15H,6,8,11-14H2,1-5H3,(H,21,24)(H,22,25). The van der Waals surface area contributed by atoms with Crippen LogP contribution in [0.15, 0.2) is 24.3 Å². The first-order chi connectivity index (χ1) is 12.2. The molecule has 1 aromatic rings. The van der Waals surface area contributed by atoms with Gasteiger partial charge in [0.05, 0.1) is 0 Å². The van der Waals surface area contributed by atoms with Crippen molar-refractivity contribution in [3.8, 4) is 0 Å². The van der Waals surface area contributed by atoms with E-state index < -0.39 is 11.7 Å². The fraction of sp³-hybridized carbons (Fsp3) is 0.600. The zero-order chi connectivity index (χ0) is 19.6. The van der Waals surface area contributed by atoms with Gasteiger partial charge in [-0.1, -0.05) is 12.1 Å². The van der Waals surface area contributed by atoms with E-state index in [0.717, 1.165) is 13.1 Å². The zero-order valence-electron chi connectivity index (χ0n) is 16.7. The molecular formula is C20H33N3O3. The topological polar surface area (TPSA) is 70.7 Å². The van der Waals surface area contributed by atoms with E-state index in [0.29, 0.717) is 25.9 Å². The highest BCUT2D eigenvalue weighted by molar-refractivity contribution is 5.76. The van der Waals surface area contributed by atoms with Crippen molar-refractivity contribution in [3.63, 3.8) is 0 Å². The van der Waals surface area contributed by atoms with E-state index in [1.54, 1.807) is 0 Å². The highest BCUT2D eigenvalue weighted by Crippen LogP contribution is 2.15. The summed E-state index contributed by atoms with van der Waals surface area (Å²) in [5.74, 6) is -0.00344. The summed E-state index contributed by atoms with van der Waals surface area (Å²) in [7, 11) is 0. The second-order valence-corrected chi connectivity index (χ2v) is 7.30. The van der Waals surface area contributed by atoms with Gasteiger partial charge in [0.25, 0.3) is 0 Å². The van der Waals surface area contributed by atoms with Gasteiger partial charge in [0, 0.05) is 38.3 Å².